The van der Waals surface area contributed by atoms with Crippen molar-refractivity contribution in [1.82, 2.24) is 20.0 Å². The lowest BCUT2D eigenvalue weighted by Gasteiger charge is -2.17. The van der Waals surface area contributed by atoms with Gasteiger partial charge < -0.3 is 10.2 Å². The highest BCUT2D eigenvalue weighted by atomic mass is 35.5. The molecule has 0 bridgehead atoms. The van der Waals surface area contributed by atoms with Crippen LogP contribution >= 0.6 is 11.6 Å². The average molecular weight is 378 g/mol. The van der Waals surface area contributed by atoms with Gasteiger partial charge in [0.05, 0.1) is 17.0 Å². The van der Waals surface area contributed by atoms with Crippen LogP contribution in [0.1, 0.15) is 37.2 Å². The minimum absolute atomic E-state index is 0.00780. The van der Waals surface area contributed by atoms with Gasteiger partial charge in [-0.2, -0.15) is 0 Å². The van der Waals surface area contributed by atoms with Crippen LogP contribution in [0.5, 0.6) is 0 Å². The number of hydrogen-bond acceptors (Lipinski definition) is 6. The van der Waals surface area contributed by atoms with E-state index in [1.54, 1.807) is 0 Å². The van der Waals surface area contributed by atoms with Crippen molar-refractivity contribution in [2.24, 2.45) is 0 Å². The zero-order valence-electron chi connectivity index (χ0n) is 14.2. The van der Waals surface area contributed by atoms with E-state index in [2.05, 4.69) is 26.9 Å². The SMILES string of the molecule is CCCCN(C)c1ncc(Cl)c(C(=O)NCCNS(=O)(=O)CC)n1. The highest BCUT2D eigenvalue weighted by Gasteiger charge is 2.15. The summed E-state index contributed by atoms with van der Waals surface area (Å²) in [7, 11) is -1.43. The van der Waals surface area contributed by atoms with E-state index in [4.69, 9.17) is 11.6 Å². The number of sulfonamides is 1. The summed E-state index contributed by atoms with van der Waals surface area (Å²) < 4.78 is 25.0. The van der Waals surface area contributed by atoms with Crippen LogP contribution in [0.25, 0.3) is 0 Å². The first-order chi connectivity index (χ1) is 11.3. The smallest absolute Gasteiger partial charge is 0.271 e. The summed E-state index contributed by atoms with van der Waals surface area (Å²) in [5.74, 6) is -0.0560. The molecular weight excluding hydrogens is 354 g/mol. The van der Waals surface area contributed by atoms with Gasteiger partial charge in [-0.15, -0.1) is 0 Å². The average Bonchev–Trinajstić information content (AvgIpc) is 2.56. The molecule has 1 aromatic heterocycles. The lowest BCUT2D eigenvalue weighted by molar-refractivity contribution is 0.0949. The summed E-state index contributed by atoms with van der Waals surface area (Å²) in [6, 6.07) is 0. The molecule has 1 aromatic rings. The van der Waals surface area contributed by atoms with Crippen molar-refractivity contribution < 1.29 is 13.2 Å². The number of rotatable bonds is 10. The Hall–Kier alpha value is -1.45. The predicted octanol–water partition coefficient (Wildman–Crippen LogP) is 1.04. The Balaban J connectivity index is 2.66. The highest BCUT2D eigenvalue weighted by Crippen LogP contribution is 2.16. The number of aromatic nitrogens is 2. The molecule has 2 N–H and O–H groups in total. The fraction of sp³-hybridized carbons (Fsp3) is 0.643. The maximum absolute atomic E-state index is 12.2. The molecule has 0 fully saturated rings. The van der Waals surface area contributed by atoms with Crippen molar-refractivity contribution in [3.63, 3.8) is 0 Å². The molecule has 0 saturated heterocycles. The van der Waals surface area contributed by atoms with Gasteiger partial charge in [-0.05, 0) is 13.3 Å². The number of anilines is 1. The molecule has 136 valence electrons. The fourth-order valence-corrected chi connectivity index (χ4v) is 2.56. The molecule has 0 atom stereocenters. The molecule has 10 heteroatoms. The minimum Gasteiger partial charge on any atom is -0.349 e. The normalized spacial score (nSPS) is 11.3. The number of halogens is 1. The van der Waals surface area contributed by atoms with Crippen molar-refractivity contribution in [3.8, 4) is 0 Å². The van der Waals surface area contributed by atoms with Gasteiger partial charge in [0.15, 0.2) is 5.69 Å². The molecule has 0 aromatic carbocycles. The molecule has 8 nitrogen and oxygen atoms in total. The molecule has 1 heterocycles. The van der Waals surface area contributed by atoms with E-state index in [9.17, 15) is 13.2 Å². The lowest BCUT2D eigenvalue weighted by Crippen LogP contribution is -2.36. The van der Waals surface area contributed by atoms with Gasteiger partial charge in [-0.25, -0.2) is 23.1 Å². The maximum atomic E-state index is 12.2. The third-order valence-electron chi connectivity index (χ3n) is 3.25. The summed E-state index contributed by atoms with van der Waals surface area (Å²) in [5.41, 5.74) is 0.0726. The first-order valence-electron chi connectivity index (χ1n) is 7.80. The Kier molecular flexibility index (Phi) is 8.37. The molecular formula is C14H24ClN5O3S. The number of unbranched alkanes of at least 4 members (excludes halogenated alkanes) is 1. The Morgan fingerprint density at radius 1 is 1.33 bits per heavy atom. The Morgan fingerprint density at radius 3 is 2.67 bits per heavy atom. The van der Waals surface area contributed by atoms with E-state index in [0.29, 0.717) is 5.95 Å². The van der Waals surface area contributed by atoms with E-state index in [1.165, 1.54) is 13.1 Å². The zero-order valence-corrected chi connectivity index (χ0v) is 15.7. The van der Waals surface area contributed by atoms with Crippen LogP contribution in [-0.4, -0.2) is 56.7 Å². The lowest BCUT2D eigenvalue weighted by atomic mass is 10.3. The van der Waals surface area contributed by atoms with Crippen LogP contribution in [0, 0.1) is 0 Å². The molecule has 0 unspecified atom stereocenters. The van der Waals surface area contributed by atoms with Crippen molar-refractivity contribution in [1.29, 1.82) is 0 Å². The van der Waals surface area contributed by atoms with Crippen molar-refractivity contribution in [3.05, 3.63) is 16.9 Å². The van der Waals surface area contributed by atoms with E-state index in [-0.39, 0.29) is 29.6 Å². The van der Waals surface area contributed by atoms with E-state index in [1.807, 2.05) is 11.9 Å². The van der Waals surface area contributed by atoms with Crippen LogP contribution in [0.2, 0.25) is 5.02 Å². The first-order valence-corrected chi connectivity index (χ1v) is 9.83. The van der Waals surface area contributed by atoms with Crippen LogP contribution in [0.3, 0.4) is 0 Å². The molecule has 0 spiro atoms. The molecule has 0 aliphatic rings. The number of carbonyl (C=O) groups is 1. The Labute approximate surface area is 148 Å². The predicted molar refractivity (Wildman–Crippen MR) is 95.0 cm³/mol. The minimum atomic E-state index is -3.28. The van der Waals surface area contributed by atoms with Crippen LogP contribution in [0.15, 0.2) is 6.20 Å². The first kappa shape index (κ1) is 20.6. The summed E-state index contributed by atoms with van der Waals surface area (Å²) in [4.78, 5) is 22.3. The van der Waals surface area contributed by atoms with Gasteiger partial charge in [-0.1, -0.05) is 24.9 Å². The van der Waals surface area contributed by atoms with Crippen molar-refractivity contribution in [2.75, 3.05) is 37.3 Å². The summed E-state index contributed by atoms with van der Waals surface area (Å²) in [6.07, 6.45) is 3.42. The second-order valence-electron chi connectivity index (χ2n) is 5.20. The largest absolute Gasteiger partial charge is 0.349 e. The monoisotopic (exact) mass is 377 g/mol. The maximum Gasteiger partial charge on any atom is 0.271 e. The number of nitrogens with zero attached hydrogens (tertiary/aromatic N) is 3. The summed E-state index contributed by atoms with van der Waals surface area (Å²) >= 11 is 5.99. The number of hydrogen-bond donors (Lipinski definition) is 2. The van der Waals surface area contributed by atoms with E-state index in [0.717, 1.165) is 19.4 Å². The number of amides is 1. The molecule has 0 aliphatic heterocycles. The fourth-order valence-electron chi connectivity index (χ4n) is 1.76. The quantitative estimate of drug-likeness (QED) is 0.590. The second kappa shape index (κ2) is 9.75. The van der Waals surface area contributed by atoms with E-state index < -0.39 is 15.9 Å². The highest BCUT2D eigenvalue weighted by molar-refractivity contribution is 7.89. The molecule has 1 rings (SSSR count). The molecule has 1 amide bonds. The van der Waals surface area contributed by atoms with Crippen molar-refractivity contribution in [2.45, 2.75) is 26.7 Å². The van der Waals surface area contributed by atoms with Gasteiger partial charge in [-0.3, -0.25) is 4.79 Å². The van der Waals surface area contributed by atoms with Gasteiger partial charge in [0, 0.05) is 26.7 Å². The van der Waals surface area contributed by atoms with Gasteiger partial charge in [0.25, 0.3) is 5.91 Å². The third-order valence-corrected chi connectivity index (χ3v) is 4.93. The van der Waals surface area contributed by atoms with Crippen LogP contribution in [0.4, 0.5) is 5.95 Å². The topological polar surface area (TPSA) is 104 Å². The Bertz CT molecular complexity index is 654. The van der Waals surface area contributed by atoms with Gasteiger partial charge >= 0.3 is 0 Å². The Morgan fingerprint density at radius 2 is 2.04 bits per heavy atom. The summed E-state index contributed by atoms with van der Waals surface area (Å²) in [5, 5.41) is 2.73. The van der Waals surface area contributed by atoms with Gasteiger partial charge in [0.1, 0.15) is 0 Å². The van der Waals surface area contributed by atoms with Gasteiger partial charge in [0.2, 0.25) is 16.0 Å². The molecule has 0 saturated carbocycles. The second-order valence-corrected chi connectivity index (χ2v) is 7.70. The molecule has 24 heavy (non-hydrogen) atoms. The third kappa shape index (κ3) is 6.58. The van der Waals surface area contributed by atoms with Crippen molar-refractivity contribution >= 4 is 33.5 Å². The standard InChI is InChI=1S/C14H24ClN5O3S/c1-4-6-9-20(3)14-17-10-11(15)12(19-14)13(21)16-7-8-18-24(22,23)5-2/h10,18H,4-9H2,1-3H3,(H,16,21). The molecule has 0 radical (unpaired) electrons. The van der Waals surface area contributed by atoms with Crippen LogP contribution in [-0.2, 0) is 10.0 Å². The number of carbonyl (C=O) groups excluding carboxylic acids is 1. The van der Waals surface area contributed by atoms with Crippen LogP contribution < -0.4 is 14.9 Å². The van der Waals surface area contributed by atoms with E-state index >= 15 is 0 Å². The molecule has 0 aliphatic carbocycles. The zero-order chi connectivity index (χ0) is 18.2. The number of nitrogens with one attached hydrogen (secondary N) is 2. The summed E-state index contributed by atoms with van der Waals surface area (Å²) in [6.45, 7) is 4.64.